The lowest BCUT2D eigenvalue weighted by Crippen LogP contribution is -2.57. The van der Waals surface area contributed by atoms with Crippen LogP contribution in [0, 0.1) is 3.57 Å². The highest BCUT2D eigenvalue weighted by molar-refractivity contribution is 14.1. The van der Waals surface area contributed by atoms with Crippen LogP contribution in [-0.4, -0.2) is 49.4 Å². The Morgan fingerprint density at radius 2 is 2.23 bits per heavy atom. The van der Waals surface area contributed by atoms with Gasteiger partial charge in [-0.25, -0.2) is 17.9 Å². The minimum atomic E-state index is -3.38. The van der Waals surface area contributed by atoms with Crippen LogP contribution in [0.5, 0.6) is 0 Å². The van der Waals surface area contributed by atoms with E-state index in [1.54, 1.807) is 0 Å². The highest BCUT2D eigenvalue weighted by atomic mass is 127. The molecule has 6 nitrogen and oxygen atoms in total. The molecule has 0 aromatic heterocycles. The van der Waals surface area contributed by atoms with Gasteiger partial charge in [-0.3, -0.25) is 0 Å². The van der Waals surface area contributed by atoms with Crippen molar-refractivity contribution in [1.82, 2.24) is 9.62 Å². The number of nitrogens with one attached hydrogen (secondary N) is 1. The van der Waals surface area contributed by atoms with Crippen molar-refractivity contribution in [3.05, 3.63) is 33.4 Å². The third-order valence-corrected chi connectivity index (χ3v) is 5.13. The number of sulfonamides is 1. The van der Waals surface area contributed by atoms with Crippen molar-refractivity contribution >= 4 is 38.7 Å². The van der Waals surface area contributed by atoms with E-state index in [-0.39, 0.29) is 6.04 Å². The maximum Gasteiger partial charge on any atom is 0.407 e. The van der Waals surface area contributed by atoms with Gasteiger partial charge in [-0.1, -0.05) is 12.1 Å². The van der Waals surface area contributed by atoms with Crippen molar-refractivity contribution < 1.29 is 18.3 Å². The Morgan fingerprint density at radius 3 is 2.82 bits per heavy atom. The third kappa shape index (κ3) is 4.82. The van der Waals surface area contributed by atoms with Crippen LogP contribution in [-0.2, 0) is 16.4 Å². The Morgan fingerprint density at radius 1 is 1.50 bits per heavy atom. The maximum absolute atomic E-state index is 11.5. The van der Waals surface area contributed by atoms with Crippen molar-refractivity contribution in [2.45, 2.75) is 31.3 Å². The lowest BCUT2D eigenvalue weighted by molar-refractivity contribution is 0.0942. The molecule has 1 aromatic carbocycles. The Kier molecular flexibility index (Phi) is 5.67. The highest BCUT2D eigenvalue weighted by Crippen LogP contribution is 2.23. The molecule has 8 heteroatoms. The first-order valence-corrected chi connectivity index (χ1v) is 9.94. The quantitative estimate of drug-likeness (QED) is 0.704. The lowest BCUT2D eigenvalue weighted by Gasteiger charge is -2.39. The molecule has 0 aliphatic carbocycles. The molecule has 0 spiro atoms. The third-order valence-electron chi connectivity index (χ3n) is 3.72. The van der Waals surface area contributed by atoms with Crippen molar-refractivity contribution in [3.8, 4) is 0 Å². The molecule has 2 rings (SSSR count). The summed E-state index contributed by atoms with van der Waals surface area (Å²) in [5.41, 5.74) is 1.00. The largest absolute Gasteiger partial charge is 0.465 e. The van der Waals surface area contributed by atoms with Gasteiger partial charge in [0.15, 0.2) is 0 Å². The number of rotatable bonds is 4. The SMILES string of the molecule is CS(=O)(=O)N[C@H]1CCCN(C(=O)O)[C@H]1Cc1cccc(I)c1. The first-order valence-electron chi connectivity index (χ1n) is 6.97. The molecular formula is C14H19IN2O4S. The fourth-order valence-corrected chi connectivity index (χ4v) is 4.30. The van der Waals surface area contributed by atoms with E-state index in [9.17, 15) is 18.3 Å². The summed E-state index contributed by atoms with van der Waals surface area (Å²) in [5, 5.41) is 9.40. The fourth-order valence-electron chi connectivity index (χ4n) is 2.86. The molecule has 0 unspecified atom stereocenters. The zero-order valence-corrected chi connectivity index (χ0v) is 15.2. The van der Waals surface area contributed by atoms with Crippen LogP contribution < -0.4 is 4.72 Å². The molecule has 1 aromatic rings. The number of carboxylic acid groups (broad SMARTS) is 1. The second-order valence-electron chi connectivity index (χ2n) is 5.52. The van der Waals surface area contributed by atoms with E-state index in [1.807, 2.05) is 24.3 Å². The summed E-state index contributed by atoms with van der Waals surface area (Å²) >= 11 is 2.20. The predicted octanol–water partition coefficient (Wildman–Crippen LogP) is 1.89. The second kappa shape index (κ2) is 7.14. The molecule has 1 aliphatic heterocycles. The summed E-state index contributed by atoms with van der Waals surface area (Å²) in [5.74, 6) is 0. The average molecular weight is 438 g/mol. The van der Waals surface area contributed by atoms with Gasteiger partial charge in [0.05, 0.1) is 12.3 Å². The number of likely N-dealkylation sites (tertiary alicyclic amines) is 1. The molecule has 1 heterocycles. The summed E-state index contributed by atoms with van der Waals surface area (Å²) in [6, 6.07) is 7.04. The topological polar surface area (TPSA) is 86.7 Å². The smallest absolute Gasteiger partial charge is 0.407 e. The molecule has 22 heavy (non-hydrogen) atoms. The maximum atomic E-state index is 11.5. The van der Waals surface area contributed by atoms with Crippen molar-refractivity contribution in [1.29, 1.82) is 0 Å². The summed E-state index contributed by atoms with van der Waals surface area (Å²) in [4.78, 5) is 12.8. The summed E-state index contributed by atoms with van der Waals surface area (Å²) in [7, 11) is -3.38. The summed E-state index contributed by atoms with van der Waals surface area (Å²) in [6.45, 7) is 0.436. The fraction of sp³-hybridized carbons (Fsp3) is 0.500. The van der Waals surface area contributed by atoms with Crippen LogP contribution in [0.15, 0.2) is 24.3 Å². The van der Waals surface area contributed by atoms with Crippen molar-refractivity contribution in [2.75, 3.05) is 12.8 Å². The van der Waals surface area contributed by atoms with E-state index in [4.69, 9.17) is 0 Å². The van der Waals surface area contributed by atoms with Crippen molar-refractivity contribution in [3.63, 3.8) is 0 Å². The number of benzene rings is 1. The average Bonchev–Trinajstić information content (AvgIpc) is 2.39. The van der Waals surface area contributed by atoms with E-state index >= 15 is 0 Å². The van der Waals surface area contributed by atoms with Crippen LogP contribution in [0.25, 0.3) is 0 Å². The Hall–Kier alpha value is -0.870. The molecule has 1 saturated heterocycles. The van der Waals surface area contributed by atoms with Gasteiger partial charge in [-0.15, -0.1) is 0 Å². The molecule has 1 fully saturated rings. The number of halogens is 1. The monoisotopic (exact) mass is 438 g/mol. The van der Waals surface area contributed by atoms with Crippen molar-refractivity contribution in [2.24, 2.45) is 0 Å². The first kappa shape index (κ1) is 17.5. The molecule has 2 N–H and O–H groups in total. The lowest BCUT2D eigenvalue weighted by atomic mass is 9.92. The summed E-state index contributed by atoms with van der Waals surface area (Å²) in [6.07, 6.45) is 1.90. The van der Waals surface area contributed by atoms with Gasteiger partial charge in [0, 0.05) is 16.2 Å². The number of hydrogen-bond donors (Lipinski definition) is 2. The molecule has 1 amide bonds. The molecular weight excluding hydrogens is 419 g/mol. The normalized spacial score (nSPS) is 22.5. The molecule has 0 saturated carbocycles. The van der Waals surface area contributed by atoms with Gasteiger partial charge in [0.25, 0.3) is 0 Å². The number of hydrogen-bond acceptors (Lipinski definition) is 3. The number of piperidine rings is 1. The van der Waals surface area contributed by atoms with E-state index in [1.165, 1.54) is 4.90 Å². The van der Waals surface area contributed by atoms with Crippen LogP contribution in [0.4, 0.5) is 4.79 Å². The molecule has 2 atom stereocenters. The number of nitrogens with zero attached hydrogens (tertiary/aromatic N) is 1. The Balaban J connectivity index is 2.26. The number of amides is 1. The summed E-state index contributed by atoms with van der Waals surface area (Å²) < 4.78 is 26.8. The van der Waals surface area contributed by atoms with Crippen LogP contribution >= 0.6 is 22.6 Å². The van der Waals surface area contributed by atoms with Crippen LogP contribution in [0.1, 0.15) is 18.4 Å². The van der Waals surface area contributed by atoms with Crippen LogP contribution in [0.2, 0.25) is 0 Å². The Labute approximate surface area is 144 Å². The first-order chi connectivity index (χ1) is 10.3. The zero-order valence-electron chi connectivity index (χ0n) is 12.2. The Bertz CT molecular complexity index is 650. The van der Waals surface area contributed by atoms with Crippen LogP contribution in [0.3, 0.4) is 0 Å². The molecule has 0 bridgehead atoms. The van der Waals surface area contributed by atoms with Gasteiger partial charge >= 0.3 is 6.09 Å². The van der Waals surface area contributed by atoms with Gasteiger partial charge in [-0.05, 0) is 59.5 Å². The molecule has 1 aliphatic rings. The predicted molar refractivity (Wildman–Crippen MR) is 92.4 cm³/mol. The minimum absolute atomic E-state index is 0.390. The van der Waals surface area contributed by atoms with Gasteiger partial charge in [0.1, 0.15) is 0 Å². The van der Waals surface area contributed by atoms with E-state index in [0.29, 0.717) is 25.8 Å². The minimum Gasteiger partial charge on any atom is -0.465 e. The van der Waals surface area contributed by atoms with Gasteiger partial charge in [0.2, 0.25) is 10.0 Å². The molecule has 0 radical (unpaired) electrons. The zero-order chi connectivity index (χ0) is 16.3. The second-order valence-corrected chi connectivity index (χ2v) is 8.54. The molecule has 122 valence electrons. The van der Waals surface area contributed by atoms with E-state index < -0.39 is 22.2 Å². The van der Waals surface area contributed by atoms with Gasteiger partial charge < -0.3 is 10.0 Å². The number of carbonyl (C=O) groups is 1. The van der Waals surface area contributed by atoms with E-state index in [2.05, 4.69) is 27.3 Å². The highest BCUT2D eigenvalue weighted by Gasteiger charge is 2.35. The standard InChI is InChI=1S/C14H19IN2O4S/c1-22(20,21)16-12-6-3-7-17(14(18)19)13(12)9-10-4-2-5-11(15)8-10/h2,4-5,8,12-13,16H,3,6-7,9H2,1H3,(H,18,19)/t12-,13-/m0/s1. The van der Waals surface area contributed by atoms with E-state index in [0.717, 1.165) is 15.4 Å². The van der Waals surface area contributed by atoms with Gasteiger partial charge in [-0.2, -0.15) is 0 Å².